The van der Waals surface area contributed by atoms with E-state index in [2.05, 4.69) is 10.3 Å². The van der Waals surface area contributed by atoms with Crippen molar-refractivity contribution in [1.29, 1.82) is 0 Å². The van der Waals surface area contributed by atoms with Gasteiger partial charge in [0.1, 0.15) is 11.6 Å². The highest BCUT2D eigenvalue weighted by molar-refractivity contribution is 6.31. The molecule has 3 rings (SSSR count). The van der Waals surface area contributed by atoms with Crippen LogP contribution in [-0.4, -0.2) is 35.6 Å². The number of halogens is 7. The van der Waals surface area contributed by atoms with Crippen molar-refractivity contribution in [2.75, 3.05) is 18.9 Å². The monoisotopic (exact) mass is 515 g/mol. The predicted molar refractivity (Wildman–Crippen MR) is 120 cm³/mol. The highest BCUT2D eigenvalue weighted by Crippen LogP contribution is 2.43. The Bertz CT molecular complexity index is 1170. The van der Waals surface area contributed by atoms with Gasteiger partial charge in [0.05, 0.1) is 10.6 Å². The molecule has 35 heavy (non-hydrogen) atoms. The molecular formula is C24H20ClF6N3O. The smallest absolute Gasteiger partial charge is 0.372 e. The van der Waals surface area contributed by atoms with Crippen LogP contribution in [0.5, 0.6) is 0 Å². The average Bonchev–Trinajstić information content (AvgIpc) is 2.82. The van der Waals surface area contributed by atoms with Crippen LogP contribution in [0, 0.1) is 5.82 Å². The standard InChI is InChI=1S/C24H20ClF6N3O/c1-32-21-20(12-18(25)13-33-21)22(35)34(11-10-15-4-8-19(26)9-5-15)14-16-2-6-17(7-3-16)23(27,28)24(29,30)31/h2-9,12-13H,10-11,14H2,1H3,(H,32,33). The molecular weight excluding hydrogens is 496 g/mol. The SMILES string of the molecule is CNc1ncc(Cl)cc1C(=O)N(CCc1ccc(F)cc1)Cc1ccc(C(F)(F)C(F)(F)F)cc1. The second kappa shape index (κ2) is 10.6. The molecule has 0 spiro atoms. The normalized spacial score (nSPS) is 11.9. The van der Waals surface area contributed by atoms with E-state index in [4.69, 9.17) is 11.6 Å². The minimum Gasteiger partial charge on any atom is -0.372 e. The molecule has 4 nitrogen and oxygen atoms in total. The summed E-state index contributed by atoms with van der Waals surface area (Å²) in [5, 5.41) is 3.00. The average molecular weight is 516 g/mol. The number of nitrogens with zero attached hydrogens (tertiary/aromatic N) is 2. The van der Waals surface area contributed by atoms with Gasteiger partial charge in [0.25, 0.3) is 5.91 Å². The molecule has 0 aliphatic carbocycles. The van der Waals surface area contributed by atoms with E-state index >= 15 is 0 Å². The van der Waals surface area contributed by atoms with Gasteiger partial charge < -0.3 is 10.2 Å². The van der Waals surface area contributed by atoms with E-state index in [1.165, 1.54) is 29.3 Å². The topological polar surface area (TPSA) is 45.2 Å². The quantitative estimate of drug-likeness (QED) is 0.350. The molecule has 1 heterocycles. The number of amides is 1. The van der Waals surface area contributed by atoms with Crippen molar-refractivity contribution in [3.05, 3.63) is 93.9 Å². The summed E-state index contributed by atoms with van der Waals surface area (Å²) in [5.41, 5.74) is 0.0244. The van der Waals surface area contributed by atoms with Crippen LogP contribution in [0.4, 0.5) is 32.2 Å². The number of hydrogen-bond donors (Lipinski definition) is 1. The Morgan fingerprint density at radius 3 is 2.17 bits per heavy atom. The number of anilines is 1. The summed E-state index contributed by atoms with van der Waals surface area (Å²) in [6.45, 7) is 0.0498. The molecule has 0 fully saturated rings. The predicted octanol–water partition coefficient (Wildman–Crippen LogP) is 6.46. The van der Waals surface area contributed by atoms with Gasteiger partial charge in [0, 0.05) is 31.9 Å². The molecule has 2 aromatic carbocycles. The Morgan fingerprint density at radius 2 is 1.60 bits per heavy atom. The van der Waals surface area contributed by atoms with Crippen molar-refractivity contribution in [2.45, 2.75) is 25.1 Å². The van der Waals surface area contributed by atoms with Gasteiger partial charge in [-0.05, 0) is 35.7 Å². The summed E-state index contributed by atoms with van der Waals surface area (Å²) in [6.07, 6.45) is -4.04. The summed E-state index contributed by atoms with van der Waals surface area (Å²) in [5.74, 6) is -5.65. The molecule has 3 aromatic rings. The van der Waals surface area contributed by atoms with Crippen molar-refractivity contribution in [2.24, 2.45) is 0 Å². The number of rotatable bonds is 8. The summed E-state index contributed by atoms with van der Waals surface area (Å²) in [4.78, 5) is 18.8. The third-order valence-corrected chi connectivity index (χ3v) is 5.45. The van der Waals surface area contributed by atoms with Crippen molar-refractivity contribution < 1.29 is 31.1 Å². The van der Waals surface area contributed by atoms with E-state index in [1.807, 2.05) is 0 Å². The molecule has 0 radical (unpaired) electrons. The first-order valence-electron chi connectivity index (χ1n) is 10.3. The molecule has 0 saturated heterocycles. The Balaban J connectivity index is 1.88. The Hall–Kier alpha value is -3.27. The zero-order valence-corrected chi connectivity index (χ0v) is 19.1. The van der Waals surface area contributed by atoms with E-state index in [9.17, 15) is 31.1 Å². The fourth-order valence-corrected chi connectivity index (χ4v) is 3.50. The molecule has 11 heteroatoms. The number of pyridine rings is 1. The van der Waals surface area contributed by atoms with E-state index in [0.29, 0.717) is 24.1 Å². The fraction of sp³-hybridized carbons (Fsp3) is 0.250. The van der Waals surface area contributed by atoms with Gasteiger partial charge in [-0.15, -0.1) is 0 Å². The molecule has 1 N–H and O–H groups in total. The number of hydrogen-bond acceptors (Lipinski definition) is 3. The highest BCUT2D eigenvalue weighted by atomic mass is 35.5. The lowest BCUT2D eigenvalue weighted by Gasteiger charge is -2.25. The van der Waals surface area contributed by atoms with Gasteiger partial charge >= 0.3 is 12.1 Å². The Labute approximate surface area is 202 Å². The van der Waals surface area contributed by atoms with Crippen LogP contribution in [0.1, 0.15) is 27.0 Å². The summed E-state index contributed by atoms with van der Waals surface area (Å²) in [7, 11) is 1.56. The van der Waals surface area contributed by atoms with Gasteiger partial charge in [-0.3, -0.25) is 4.79 Å². The van der Waals surface area contributed by atoms with Crippen molar-refractivity contribution >= 4 is 23.3 Å². The molecule has 0 atom stereocenters. The number of alkyl halides is 5. The zero-order chi connectivity index (χ0) is 25.8. The third-order valence-electron chi connectivity index (χ3n) is 5.24. The van der Waals surface area contributed by atoms with Crippen LogP contribution in [0.25, 0.3) is 0 Å². The van der Waals surface area contributed by atoms with Crippen LogP contribution in [-0.2, 0) is 18.9 Å². The molecule has 186 valence electrons. The molecule has 0 aliphatic heterocycles. The molecule has 0 saturated carbocycles. The van der Waals surface area contributed by atoms with E-state index < -0.39 is 29.4 Å². The summed E-state index contributed by atoms with van der Waals surface area (Å²) >= 11 is 6.01. The fourth-order valence-electron chi connectivity index (χ4n) is 3.34. The van der Waals surface area contributed by atoms with Gasteiger partial charge in [-0.25, -0.2) is 9.37 Å². The van der Waals surface area contributed by atoms with Crippen molar-refractivity contribution in [3.8, 4) is 0 Å². The maximum absolute atomic E-state index is 13.6. The third kappa shape index (κ3) is 6.25. The lowest BCUT2D eigenvalue weighted by molar-refractivity contribution is -0.289. The van der Waals surface area contributed by atoms with Gasteiger partial charge in [0.15, 0.2) is 0 Å². The number of carbonyl (C=O) groups excluding carboxylic acids is 1. The first-order chi connectivity index (χ1) is 16.4. The van der Waals surface area contributed by atoms with Crippen molar-refractivity contribution in [3.63, 3.8) is 0 Å². The van der Waals surface area contributed by atoms with Gasteiger partial charge in [-0.1, -0.05) is 48.0 Å². The summed E-state index contributed by atoms with van der Waals surface area (Å²) in [6, 6.07) is 10.7. The van der Waals surface area contributed by atoms with E-state index in [-0.39, 0.29) is 29.5 Å². The maximum Gasteiger partial charge on any atom is 0.458 e. The van der Waals surface area contributed by atoms with Gasteiger partial charge in [-0.2, -0.15) is 22.0 Å². The minimum atomic E-state index is -5.73. The maximum atomic E-state index is 13.6. The Kier molecular flexibility index (Phi) is 7.94. The van der Waals surface area contributed by atoms with Crippen molar-refractivity contribution in [1.82, 2.24) is 9.88 Å². The van der Waals surface area contributed by atoms with Gasteiger partial charge in [0.2, 0.25) is 0 Å². The Morgan fingerprint density at radius 1 is 1.00 bits per heavy atom. The highest BCUT2D eigenvalue weighted by Gasteiger charge is 2.58. The molecule has 0 aliphatic rings. The van der Waals surface area contributed by atoms with Crippen LogP contribution < -0.4 is 5.32 Å². The molecule has 1 aromatic heterocycles. The number of nitrogens with one attached hydrogen (secondary N) is 1. The van der Waals surface area contributed by atoms with Crippen LogP contribution >= 0.6 is 11.6 Å². The first kappa shape index (κ1) is 26.3. The van der Waals surface area contributed by atoms with Crippen LogP contribution in [0.2, 0.25) is 5.02 Å². The minimum absolute atomic E-state index is 0.0897. The first-order valence-corrected chi connectivity index (χ1v) is 10.7. The zero-order valence-electron chi connectivity index (χ0n) is 18.3. The lowest BCUT2D eigenvalue weighted by atomic mass is 10.0. The number of benzene rings is 2. The van der Waals surface area contributed by atoms with E-state index in [1.54, 1.807) is 19.2 Å². The van der Waals surface area contributed by atoms with E-state index in [0.717, 1.165) is 17.7 Å². The number of aromatic nitrogens is 1. The molecule has 1 amide bonds. The summed E-state index contributed by atoms with van der Waals surface area (Å²) < 4.78 is 78.5. The molecule has 0 bridgehead atoms. The molecule has 0 unspecified atom stereocenters. The lowest BCUT2D eigenvalue weighted by Crippen LogP contribution is -2.34. The largest absolute Gasteiger partial charge is 0.458 e. The number of carbonyl (C=O) groups is 1. The second-order valence-electron chi connectivity index (χ2n) is 7.67. The second-order valence-corrected chi connectivity index (χ2v) is 8.11. The van der Waals surface area contributed by atoms with Crippen LogP contribution in [0.15, 0.2) is 60.8 Å². The van der Waals surface area contributed by atoms with Crippen LogP contribution in [0.3, 0.4) is 0 Å².